The van der Waals surface area contributed by atoms with Gasteiger partial charge in [0.05, 0.1) is 6.54 Å². The number of ketones is 1. The van der Waals surface area contributed by atoms with E-state index in [0.29, 0.717) is 0 Å². The van der Waals surface area contributed by atoms with Gasteiger partial charge in [0.2, 0.25) is 0 Å². The van der Waals surface area contributed by atoms with Gasteiger partial charge in [-0.1, -0.05) is 0 Å². The van der Waals surface area contributed by atoms with Crippen molar-refractivity contribution in [2.24, 2.45) is 0 Å². The number of carbonyl (C=O) groups excluding carboxylic acids is 2. The highest BCUT2D eigenvalue weighted by Crippen LogP contribution is 2.05. The first kappa shape index (κ1) is 12.4. The Morgan fingerprint density at radius 1 is 1.29 bits per heavy atom. The maximum atomic E-state index is 10.9. The van der Waals surface area contributed by atoms with Gasteiger partial charge >= 0.3 is 12.1 Å². The van der Waals surface area contributed by atoms with Gasteiger partial charge in [-0.15, -0.1) is 0 Å². The molecule has 0 aromatic rings. The molecule has 0 radical (unpaired) electrons. The van der Waals surface area contributed by atoms with Crippen LogP contribution in [0.2, 0.25) is 0 Å². The topological polar surface area (TPSA) is 92.7 Å². The zero-order valence-corrected chi connectivity index (χ0v) is 8.29. The molecule has 0 spiro atoms. The summed E-state index contributed by atoms with van der Waals surface area (Å²) in [4.78, 5) is 31.5. The molecule has 0 unspecified atom stereocenters. The van der Waals surface area contributed by atoms with E-state index in [1.807, 2.05) is 5.32 Å². The molecule has 0 saturated heterocycles. The smallest absolute Gasteiger partial charge is 0.408 e. The van der Waals surface area contributed by atoms with Crippen LogP contribution in [0, 0.1) is 0 Å². The van der Waals surface area contributed by atoms with Gasteiger partial charge < -0.3 is 15.2 Å². The molecule has 0 rings (SSSR count). The molecule has 1 amide bonds. The van der Waals surface area contributed by atoms with Gasteiger partial charge in [-0.05, 0) is 20.8 Å². The van der Waals surface area contributed by atoms with Crippen LogP contribution in [-0.4, -0.2) is 35.1 Å². The fourth-order valence-corrected chi connectivity index (χ4v) is 0.542. The third-order valence-electron chi connectivity index (χ3n) is 1.03. The summed E-state index contributed by atoms with van der Waals surface area (Å²) < 4.78 is 4.77. The molecule has 0 atom stereocenters. The number of ether oxygens (including phenoxy) is 1. The minimum atomic E-state index is -1.58. The highest BCUT2D eigenvalue weighted by molar-refractivity contribution is 6.33. The number of rotatable bonds is 3. The van der Waals surface area contributed by atoms with Crippen LogP contribution in [0.3, 0.4) is 0 Å². The van der Waals surface area contributed by atoms with Gasteiger partial charge in [0.15, 0.2) is 0 Å². The van der Waals surface area contributed by atoms with Crippen LogP contribution < -0.4 is 5.32 Å². The quantitative estimate of drug-likeness (QED) is 0.637. The Labute approximate surface area is 81.2 Å². The van der Waals surface area contributed by atoms with Gasteiger partial charge in [0.25, 0.3) is 5.78 Å². The minimum absolute atomic E-state index is 0.565. The third-order valence-corrected chi connectivity index (χ3v) is 1.03. The standard InChI is InChI=1S/C8H13NO5/c1-8(2,3)14-7(13)9-4-5(10)6(11)12/h4H2,1-3H3,(H,9,13)(H,11,12). The summed E-state index contributed by atoms with van der Waals surface area (Å²) in [6, 6.07) is 0. The lowest BCUT2D eigenvalue weighted by atomic mass is 10.2. The molecule has 0 aromatic carbocycles. The summed E-state index contributed by atoms with van der Waals surface area (Å²) in [6.07, 6.45) is -0.813. The summed E-state index contributed by atoms with van der Waals surface area (Å²) in [6.45, 7) is 4.41. The number of hydrogen-bond donors (Lipinski definition) is 2. The zero-order valence-electron chi connectivity index (χ0n) is 8.29. The number of Topliss-reactive ketones (excluding diaryl/α,β-unsaturated/α-hetero) is 1. The Hall–Kier alpha value is -1.59. The van der Waals surface area contributed by atoms with E-state index in [4.69, 9.17) is 9.84 Å². The predicted octanol–water partition coefficient (Wildman–Crippen LogP) is 0.165. The maximum Gasteiger partial charge on any atom is 0.408 e. The van der Waals surface area contributed by atoms with E-state index in [0.717, 1.165) is 0 Å². The van der Waals surface area contributed by atoms with Crippen LogP contribution in [0.5, 0.6) is 0 Å². The van der Waals surface area contributed by atoms with Gasteiger partial charge in [-0.3, -0.25) is 4.79 Å². The maximum absolute atomic E-state index is 10.9. The van der Waals surface area contributed by atoms with Gasteiger partial charge in [-0.2, -0.15) is 0 Å². The van der Waals surface area contributed by atoms with E-state index >= 15 is 0 Å². The average Bonchev–Trinajstić information content (AvgIpc) is 1.96. The van der Waals surface area contributed by atoms with Crippen LogP contribution in [0.4, 0.5) is 4.79 Å². The van der Waals surface area contributed by atoms with Crippen LogP contribution in [0.15, 0.2) is 0 Å². The molecule has 0 aliphatic carbocycles. The summed E-state index contributed by atoms with van der Waals surface area (Å²) in [5.74, 6) is -2.67. The fraction of sp³-hybridized carbons (Fsp3) is 0.625. The number of amides is 1. The van der Waals surface area contributed by atoms with Crippen LogP contribution in [-0.2, 0) is 14.3 Å². The zero-order chi connectivity index (χ0) is 11.4. The molecule has 2 N–H and O–H groups in total. The van der Waals surface area contributed by atoms with Crippen molar-refractivity contribution in [2.75, 3.05) is 6.54 Å². The molecule has 6 nitrogen and oxygen atoms in total. The van der Waals surface area contributed by atoms with Crippen molar-refractivity contribution < 1.29 is 24.2 Å². The lowest BCUT2D eigenvalue weighted by Gasteiger charge is -2.19. The third kappa shape index (κ3) is 5.99. The Kier molecular flexibility index (Phi) is 4.07. The van der Waals surface area contributed by atoms with Crippen LogP contribution in [0.25, 0.3) is 0 Å². The Balaban J connectivity index is 3.87. The molecule has 0 aromatic heterocycles. The number of hydrogen-bond acceptors (Lipinski definition) is 4. The number of aliphatic carboxylic acids is 1. The van der Waals surface area contributed by atoms with Crippen molar-refractivity contribution in [3.63, 3.8) is 0 Å². The summed E-state index contributed by atoms with van der Waals surface area (Å²) in [5.41, 5.74) is -0.670. The summed E-state index contributed by atoms with van der Waals surface area (Å²) in [5, 5.41) is 10.2. The first-order chi connectivity index (χ1) is 6.22. The first-order valence-electron chi connectivity index (χ1n) is 3.95. The van der Waals surface area contributed by atoms with Crippen molar-refractivity contribution in [3.05, 3.63) is 0 Å². The Bertz CT molecular complexity index is 253. The van der Waals surface area contributed by atoms with Gasteiger partial charge in [0, 0.05) is 0 Å². The minimum Gasteiger partial charge on any atom is -0.475 e. The summed E-state index contributed by atoms with van der Waals surface area (Å²) in [7, 11) is 0. The average molecular weight is 203 g/mol. The molecule has 0 aliphatic heterocycles. The van der Waals surface area contributed by atoms with E-state index in [9.17, 15) is 14.4 Å². The van der Waals surface area contributed by atoms with Crippen molar-refractivity contribution in [1.82, 2.24) is 5.32 Å². The highest BCUT2D eigenvalue weighted by Gasteiger charge is 2.18. The lowest BCUT2D eigenvalue weighted by molar-refractivity contribution is -0.148. The SMILES string of the molecule is CC(C)(C)OC(=O)NCC(=O)C(=O)O. The number of carboxylic acid groups (broad SMARTS) is 1. The van der Waals surface area contributed by atoms with Crippen molar-refractivity contribution in [3.8, 4) is 0 Å². The monoisotopic (exact) mass is 203 g/mol. The van der Waals surface area contributed by atoms with E-state index in [1.54, 1.807) is 20.8 Å². The van der Waals surface area contributed by atoms with E-state index < -0.39 is 30.0 Å². The van der Waals surface area contributed by atoms with Gasteiger partial charge in [0.1, 0.15) is 5.60 Å². The van der Waals surface area contributed by atoms with E-state index in [-0.39, 0.29) is 0 Å². The largest absolute Gasteiger partial charge is 0.475 e. The second-order valence-electron chi connectivity index (χ2n) is 3.58. The molecule has 0 bridgehead atoms. The molecular weight excluding hydrogens is 190 g/mol. The number of alkyl carbamates (subject to hydrolysis) is 1. The van der Waals surface area contributed by atoms with E-state index in [2.05, 4.69) is 0 Å². The number of carbonyl (C=O) groups is 3. The summed E-state index contributed by atoms with van der Waals surface area (Å²) >= 11 is 0. The normalized spacial score (nSPS) is 10.5. The first-order valence-corrected chi connectivity index (χ1v) is 3.95. The van der Waals surface area contributed by atoms with Crippen LogP contribution in [0.1, 0.15) is 20.8 Å². The molecule has 0 fully saturated rings. The molecule has 80 valence electrons. The van der Waals surface area contributed by atoms with Crippen molar-refractivity contribution in [1.29, 1.82) is 0 Å². The number of nitrogens with one attached hydrogen (secondary N) is 1. The molecule has 6 heteroatoms. The van der Waals surface area contributed by atoms with Gasteiger partial charge in [-0.25, -0.2) is 9.59 Å². The Morgan fingerprint density at radius 3 is 2.14 bits per heavy atom. The molecular formula is C8H13NO5. The van der Waals surface area contributed by atoms with E-state index in [1.165, 1.54) is 0 Å². The molecule has 0 aliphatic rings. The van der Waals surface area contributed by atoms with Crippen molar-refractivity contribution >= 4 is 17.8 Å². The Morgan fingerprint density at radius 2 is 1.79 bits per heavy atom. The predicted molar refractivity (Wildman–Crippen MR) is 46.9 cm³/mol. The molecule has 14 heavy (non-hydrogen) atoms. The second kappa shape index (κ2) is 4.59. The highest BCUT2D eigenvalue weighted by atomic mass is 16.6. The molecule has 0 heterocycles. The molecule has 0 saturated carbocycles. The lowest BCUT2D eigenvalue weighted by Crippen LogP contribution is -2.37. The second-order valence-corrected chi connectivity index (χ2v) is 3.58. The fourth-order valence-electron chi connectivity index (χ4n) is 0.542. The van der Waals surface area contributed by atoms with Crippen LogP contribution >= 0.6 is 0 Å². The van der Waals surface area contributed by atoms with Crippen molar-refractivity contribution in [2.45, 2.75) is 26.4 Å². The number of carboxylic acids is 1.